The minimum absolute atomic E-state index is 0.0366. The Hall–Kier alpha value is -3.56. The molecule has 34 heavy (non-hydrogen) atoms. The van der Waals surface area contributed by atoms with E-state index < -0.39 is 35.4 Å². The first-order valence-electron chi connectivity index (χ1n) is 10.2. The third-order valence-electron chi connectivity index (χ3n) is 4.89. The first-order valence-corrected chi connectivity index (χ1v) is 10.2. The third kappa shape index (κ3) is 5.49. The van der Waals surface area contributed by atoms with Gasteiger partial charge in [-0.05, 0) is 63.6 Å². The Bertz CT molecular complexity index is 1240. The van der Waals surface area contributed by atoms with Crippen LogP contribution in [0.2, 0.25) is 0 Å². The number of nitrogens with zero attached hydrogens (tertiary/aromatic N) is 1. The molecule has 0 aliphatic carbocycles. The maximum absolute atomic E-state index is 14.5. The second-order valence-electron chi connectivity index (χ2n) is 8.54. The van der Waals surface area contributed by atoms with Gasteiger partial charge in [-0.25, -0.2) is 4.39 Å². The van der Waals surface area contributed by atoms with Crippen LogP contribution in [0, 0.1) is 12.7 Å². The van der Waals surface area contributed by atoms with Gasteiger partial charge >= 0.3 is 12.3 Å². The molecule has 0 spiro atoms. The van der Waals surface area contributed by atoms with Crippen LogP contribution in [0.25, 0.3) is 10.9 Å². The molecule has 3 rings (SSSR count). The van der Waals surface area contributed by atoms with Crippen LogP contribution in [0.1, 0.15) is 42.4 Å². The average molecular weight is 481 g/mol. The van der Waals surface area contributed by atoms with Gasteiger partial charge in [0.1, 0.15) is 11.4 Å². The Morgan fingerprint density at radius 3 is 2.18 bits per heavy atom. The van der Waals surface area contributed by atoms with E-state index in [9.17, 15) is 27.2 Å². The molecule has 0 bridgehead atoms. The fourth-order valence-corrected chi connectivity index (χ4v) is 3.57. The summed E-state index contributed by atoms with van der Waals surface area (Å²) in [6.45, 7) is 6.74. The van der Waals surface area contributed by atoms with Gasteiger partial charge in [-0.2, -0.15) is 0 Å². The third-order valence-corrected chi connectivity index (χ3v) is 4.89. The Balaban J connectivity index is 2.09. The Kier molecular flexibility index (Phi) is 6.64. The highest BCUT2D eigenvalue weighted by Crippen LogP contribution is 2.33. The zero-order valence-corrected chi connectivity index (χ0v) is 19.2. The molecule has 10 heteroatoms. The molecule has 0 fully saturated rings. The highest BCUT2D eigenvalue weighted by molar-refractivity contribution is 6.05. The van der Waals surface area contributed by atoms with Crippen LogP contribution in [0.15, 0.2) is 36.4 Å². The number of benzene rings is 2. The van der Waals surface area contributed by atoms with E-state index in [1.165, 1.54) is 29.9 Å². The van der Waals surface area contributed by atoms with Crippen LogP contribution in [0.5, 0.6) is 11.5 Å². The second-order valence-corrected chi connectivity index (χ2v) is 8.54. The van der Waals surface area contributed by atoms with Gasteiger partial charge in [0.2, 0.25) is 0 Å². The number of esters is 1. The van der Waals surface area contributed by atoms with Gasteiger partial charge in [0.25, 0.3) is 5.91 Å². The minimum atomic E-state index is -4.87. The molecule has 0 atom stereocenters. The van der Waals surface area contributed by atoms with Crippen LogP contribution in [-0.2, 0) is 16.0 Å². The van der Waals surface area contributed by atoms with Gasteiger partial charge in [-0.15, -0.1) is 13.2 Å². The topological polar surface area (TPSA) is 66.8 Å². The quantitative estimate of drug-likeness (QED) is 0.352. The van der Waals surface area contributed by atoms with E-state index in [0.29, 0.717) is 16.6 Å². The monoisotopic (exact) mass is 481 g/mol. The number of ether oxygens (including phenoxy) is 3. The highest BCUT2D eigenvalue weighted by Gasteiger charge is 2.31. The summed E-state index contributed by atoms with van der Waals surface area (Å²) in [5.74, 6) is -2.45. The van der Waals surface area contributed by atoms with E-state index in [1.54, 1.807) is 27.7 Å². The standard InChI is InChI=1S/C24H23F4NO5/c1-13-16(11-21(30)34-23(2,3)4)17-10-20(32-5)18(25)12-19(17)29(13)22(31)14-6-8-15(9-7-14)33-24(26,27)28/h6-10,12H,11H2,1-5H3. The van der Waals surface area contributed by atoms with E-state index in [-0.39, 0.29) is 23.3 Å². The lowest BCUT2D eigenvalue weighted by atomic mass is 10.1. The van der Waals surface area contributed by atoms with Crippen LogP contribution in [0.3, 0.4) is 0 Å². The lowest BCUT2D eigenvalue weighted by Crippen LogP contribution is -2.25. The molecular formula is C24H23F4NO5. The molecule has 0 saturated heterocycles. The van der Waals surface area contributed by atoms with Crippen molar-refractivity contribution in [2.75, 3.05) is 7.11 Å². The normalized spacial score (nSPS) is 12.0. The Morgan fingerprint density at radius 2 is 1.65 bits per heavy atom. The van der Waals surface area contributed by atoms with Crippen molar-refractivity contribution in [3.05, 3.63) is 59.0 Å². The van der Waals surface area contributed by atoms with E-state index in [0.717, 1.165) is 18.2 Å². The van der Waals surface area contributed by atoms with Crippen molar-refractivity contribution in [2.24, 2.45) is 0 Å². The molecule has 1 heterocycles. The van der Waals surface area contributed by atoms with Crippen LogP contribution < -0.4 is 9.47 Å². The molecule has 0 unspecified atom stereocenters. The Labute approximate surface area is 193 Å². The molecule has 2 aromatic carbocycles. The minimum Gasteiger partial charge on any atom is -0.494 e. The molecule has 182 valence electrons. The molecule has 1 aromatic heterocycles. The van der Waals surface area contributed by atoms with Gasteiger partial charge < -0.3 is 14.2 Å². The molecule has 0 aliphatic heterocycles. The lowest BCUT2D eigenvalue weighted by molar-refractivity contribution is -0.274. The maximum Gasteiger partial charge on any atom is 0.573 e. The summed E-state index contributed by atoms with van der Waals surface area (Å²) in [7, 11) is 1.29. The first-order chi connectivity index (χ1) is 15.7. The largest absolute Gasteiger partial charge is 0.573 e. The zero-order valence-electron chi connectivity index (χ0n) is 19.2. The number of hydrogen-bond donors (Lipinski definition) is 0. The summed E-state index contributed by atoms with van der Waals surface area (Å²) >= 11 is 0. The molecule has 3 aromatic rings. The van der Waals surface area contributed by atoms with Gasteiger partial charge in [0.05, 0.1) is 19.0 Å². The van der Waals surface area contributed by atoms with Crippen molar-refractivity contribution in [3.63, 3.8) is 0 Å². The fourth-order valence-electron chi connectivity index (χ4n) is 3.57. The number of carbonyl (C=O) groups excluding carboxylic acids is 2. The molecule has 6 nitrogen and oxygen atoms in total. The van der Waals surface area contributed by atoms with Crippen molar-refractivity contribution >= 4 is 22.8 Å². The van der Waals surface area contributed by atoms with E-state index in [2.05, 4.69) is 4.74 Å². The van der Waals surface area contributed by atoms with Gasteiger partial charge in [-0.3, -0.25) is 14.2 Å². The van der Waals surface area contributed by atoms with E-state index in [4.69, 9.17) is 9.47 Å². The lowest BCUT2D eigenvalue weighted by Gasteiger charge is -2.19. The fraction of sp³-hybridized carbons (Fsp3) is 0.333. The number of alkyl halides is 3. The first kappa shape index (κ1) is 25.1. The van der Waals surface area contributed by atoms with Gasteiger partial charge in [-0.1, -0.05) is 0 Å². The maximum atomic E-state index is 14.5. The van der Waals surface area contributed by atoms with Crippen LogP contribution in [-0.4, -0.2) is 35.5 Å². The zero-order chi connectivity index (χ0) is 25.4. The Morgan fingerprint density at radius 1 is 1.03 bits per heavy atom. The smallest absolute Gasteiger partial charge is 0.494 e. The van der Waals surface area contributed by atoms with E-state index in [1.807, 2.05) is 0 Å². The van der Waals surface area contributed by atoms with Gasteiger partial charge in [0, 0.05) is 22.7 Å². The molecule has 0 amide bonds. The number of rotatable bonds is 5. The van der Waals surface area contributed by atoms with E-state index >= 15 is 0 Å². The predicted octanol–water partition coefficient (Wildman–Crippen LogP) is 5.57. The van der Waals surface area contributed by atoms with Crippen LogP contribution >= 0.6 is 0 Å². The summed E-state index contributed by atoms with van der Waals surface area (Å²) in [5.41, 5.74) is 0.273. The summed E-state index contributed by atoms with van der Waals surface area (Å²) in [4.78, 5) is 25.8. The van der Waals surface area contributed by atoms with Crippen molar-refractivity contribution in [3.8, 4) is 11.5 Å². The van der Waals surface area contributed by atoms with Crippen molar-refractivity contribution in [2.45, 2.75) is 46.1 Å². The van der Waals surface area contributed by atoms with Crippen LogP contribution in [0.4, 0.5) is 17.6 Å². The van der Waals surface area contributed by atoms with Crippen molar-refractivity contribution < 1.29 is 41.4 Å². The molecule has 0 saturated carbocycles. The summed E-state index contributed by atoms with van der Waals surface area (Å²) in [6, 6.07) is 6.85. The number of methoxy groups -OCH3 is 1. The molecule has 0 aliphatic rings. The second kappa shape index (κ2) is 9.00. The molecular weight excluding hydrogens is 458 g/mol. The number of carbonyl (C=O) groups is 2. The van der Waals surface area contributed by atoms with Crippen molar-refractivity contribution in [1.29, 1.82) is 0 Å². The summed E-state index contributed by atoms with van der Waals surface area (Å²) in [5, 5.41) is 0.409. The molecule has 0 radical (unpaired) electrons. The number of fused-ring (bicyclic) bond motifs is 1. The highest BCUT2D eigenvalue weighted by atomic mass is 19.4. The predicted molar refractivity (Wildman–Crippen MR) is 116 cm³/mol. The summed E-state index contributed by atoms with van der Waals surface area (Å²) < 4.78 is 67.3. The molecule has 0 N–H and O–H groups in total. The number of aromatic nitrogens is 1. The SMILES string of the molecule is COc1cc2c(CC(=O)OC(C)(C)C)c(C)n(C(=O)c3ccc(OC(F)(F)F)cc3)c2cc1F. The van der Waals surface area contributed by atoms with Gasteiger partial charge in [0.15, 0.2) is 11.6 Å². The average Bonchev–Trinajstić information content (AvgIpc) is 2.95. The number of halogens is 4. The van der Waals surface area contributed by atoms with Crippen molar-refractivity contribution in [1.82, 2.24) is 4.57 Å². The summed E-state index contributed by atoms with van der Waals surface area (Å²) in [6.07, 6.45) is -5.06. The number of hydrogen-bond acceptors (Lipinski definition) is 5.